The Bertz CT molecular complexity index is 770. The summed E-state index contributed by atoms with van der Waals surface area (Å²) in [5.74, 6) is 0.676. The maximum atomic E-state index is 13.0. The van der Waals surface area contributed by atoms with Gasteiger partial charge in [-0.3, -0.25) is 9.89 Å². The van der Waals surface area contributed by atoms with E-state index in [9.17, 15) is 4.39 Å². The van der Waals surface area contributed by atoms with E-state index in [1.165, 1.54) is 17.7 Å². The standard InChI is InChI=1S/C24H34FN5/c1-26-24(27-14-17-29(2)18-21-8-10-22(25)11-9-21)28-23-12-15-30(16-13-23)19-20-6-4-3-5-7-20/h3-11,23H,12-19H2,1-2H3,(H2,26,27,28). The third kappa shape index (κ3) is 7.43. The van der Waals surface area contributed by atoms with Crippen LogP contribution in [0.4, 0.5) is 4.39 Å². The number of likely N-dealkylation sites (tertiary alicyclic amines) is 1. The van der Waals surface area contributed by atoms with Crippen LogP contribution in [0.5, 0.6) is 0 Å². The van der Waals surface area contributed by atoms with Crippen molar-refractivity contribution in [1.82, 2.24) is 20.4 Å². The molecule has 2 N–H and O–H groups in total. The summed E-state index contributed by atoms with van der Waals surface area (Å²) in [6.07, 6.45) is 2.25. The van der Waals surface area contributed by atoms with E-state index in [4.69, 9.17) is 0 Å². The first kappa shape index (κ1) is 22.2. The molecule has 6 heteroatoms. The van der Waals surface area contributed by atoms with Gasteiger partial charge in [0.15, 0.2) is 5.96 Å². The lowest BCUT2D eigenvalue weighted by Crippen LogP contribution is -2.49. The third-order valence-electron chi connectivity index (χ3n) is 5.55. The Balaban J connectivity index is 1.33. The van der Waals surface area contributed by atoms with E-state index in [1.807, 2.05) is 19.2 Å². The second kappa shape index (κ2) is 11.7. The Morgan fingerprint density at radius 1 is 1.07 bits per heavy atom. The Labute approximate surface area is 180 Å². The van der Waals surface area contributed by atoms with Crippen LogP contribution in [0.3, 0.4) is 0 Å². The van der Waals surface area contributed by atoms with E-state index in [0.29, 0.717) is 6.04 Å². The molecule has 0 saturated carbocycles. The highest BCUT2D eigenvalue weighted by Crippen LogP contribution is 2.13. The highest BCUT2D eigenvalue weighted by Gasteiger charge is 2.20. The van der Waals surface area contributed by atoms with Crippen molar-refractivity contribution < 1.29 is 4.39 Å². The lowest BCUT2D eigenvalue weighted by Gasteiger charge is -2.33. The number of nitrogens with one attached hydrogen (secondary N) is 2. The van der Waals surface area contributed by atoms with Crippen molar-refractivity contribution in [2.45, 2.75) is 32.0 Å². The van der Waals surface area contributed by atoms with Crippen LogP contribution in [0, 0.1) is 5.82 Å². The number of aliphatic imine (C=N–C) groups is 1. The van der Waals surface area contributed by atoms with Crippen molar-refractivity contribution in [3.05, 3.63) is 71.5 Å². The zero-order valence-corrected chi connectivity index (χ0v) is 18.1. The molecule has 0 aliphatic carbocycles. The minimum absolute atomic E-state index is 0.191. The quantitative estimate of drug-likeness (QED) is 0.518. The Morgan fingerprint density at radius 2 is 1.77 bits per heavy atom. The summed E-state index contributed by atoms with van der Waals surface area (Å²) in [6, 6.07) is 17.8. The zero-order valence-electron chi connectivity index (χ0n) is 18.1. The summed E-state index contributed by atoms with van der Waals surface area (Å²) in [6.45, 7) is 5.72. The van der Waals surface area contributed by atoms with Crippen LogP contribution in [0.2, 0.25) is 0 Å². The Kier molecular flexibility index (Phi) is 8.66. The van der Waals surface area contributed by atoms with Crippen molar-refractivity contribution in [2.24, 2.45) is 4.99 Å². The van der Waals surface area contributed by atoms with Gasteiger partial charge in [-0.25, -0.2) is 4.39 Å². The largest absolute Gasteiger partial charge is 0.355 e. The summed E-state index contributed by atoms with van der Waals surface area (Å²) in [7, 11) is 3.89. The molecule has 1 saturated heterocycles. The summed E-state index contributed by atoms with van der Waals surface area (Å²) in [5.41, 5.74) is 2.50. The molecule has 0 atom stereocenters. The van der Waals surface area contributed by atoms with Crippen LogP contribution in [0.15, 0.2) is 59.6 Å². The minimum atomic E-state index is -0.191. The fraction of sp³-hybridized carbons (Fsp3) is 0.458. The molecule has 0 aromatic heterocycles. The molecule has 3 rings (SSSR count). The molecule has 2 aromatic rings. The third-order valence-corrected chi connectivity index (χ3v) is 5.55. The minimum Gasteiger partial charge on any atom is -0.355 e. The van der Waals surface area contributed by atoms with Gasteiger partial charge in [0.05, 0.1) is 0 Å². The number of nitrogens with zero attached hydrogens (tertiary/aromatic N) is 3. The first-order chi connectivity index (χ1) is 14.6. The van der Waals surface area contributed by atoms with Gasteiger partial charge in [-0.1, -0.05) is 42.5 Å². The van der Waals surface area contributed by atoms with Gasteiger partial charge in [-0.2, -0.15) is 0 Å². The summed E-state index contributed by atoms with van der Waals surface area (Å²) in [4.78, 5) is 9.12. The van der Waals surface area contributed by atoms with Crippen molar-refractivity contribution in [3.8, 4) is 0 Å². The van der Waals surface area contributed by atoms with Crippen molar-refractivity contribution in [2.75, 3.05) is 40.3 Å². The van der Waals surface area contributed by atoms with Crippen LogP contribution < -0.4 is 10.6 Å². The highest BCUT2D eigenvalue weighted by atomic mass is 19.1. The molecule has 162 valence electrons. The number of guanidine groups is 1. The van der Waals surface area contributed by atoms with Crippen LogP contribution >= 0.6 is 0 Å². The number of likely N-dealkylation sites (N-methyl/N-ethyl adjacent to an activating group) is 1. The van der Waals surface area contributed by atoms with Gasteiger partial charge >= 0.3 is 0 Å². The van der Waals surface area contributed by atoms with E-state index in [-0.39, 0.29) is 5.82 Å². The van der Waals surface area contributed by atoms with Gasteiger partial charge in [-0.05, 0) is 43.1 Å². The molecular formula is C24H34FN5. The van der Waals surface area contributed by atoms with Gasteiger partial charge in [-0.15, -0.1) is 0 Å². The molecule has 0 spiro atoms. The molecule has 30 heavy (non-hydrogen) atoms. The lowest BCUT2D eigenvalue weighted by molar-refractivity contribution is 0.198. The maximum absolute atomic E-state index is 13.0. The smallest absolute Gasteiger partial charge is 0.191 e. The fourth-order valence-corrected chi connectivity index (χ4v) is 3.81. The number of halogens is 1. The highest BCUT2D eigenvalue weighted by molar-refractivity contribution is 5.79. The maximum Gasteiger partial charge on any atom is 0.191 e. The van der Waals surface area contributed by atoms with E-state index < -0.39 is 0 Å². The Hall–Kier alpha value is -2.44. The van der Waals surface area contributed by atoms with Crippen LogP contribution in [-0.2, 0) is 13.1 Å². The first-order valence-corrected chi connectivity index (χ1v) is 10.8. The Morgan fingerprint density at radius 3 is 2.43 bits per heavy atom. The summed E-state index contributed by atoms with van der Waals surface area (Å²) in [5, 5.41) is 6.99. The van der Waals surface area contributed by atoms with Gasteiger partial charge in [0.1, 0.15) is 5.82 Å². The van der Waals surface area contributed by atoms with E-state index >= 15 is 0 Å². The van der Waals surface area contributed by atoms with E-state index in [0.717, 1.165) is 63.6 Å². The van der Waals surface area contributed by atoms with E-state index in [1.54, 1.807) is 0 Å². The van der Waals surface area contributed by atoms with Gasteiger partial charge < -0.3 is 15.5 Å². The lowest BCUT2D eigenvalue weighted by atomic mass is 10.0. The molecular weight excluding hydrogens is 377 g/mol. The molecule has 2 aromatic carbocycles. The summed E-state index contributed by atoms with van der Waals surface area (Å²) < 4.78 is 13.0. The predicted molar refractivity (Wildman–Crippen MR) is 122 cm³/mol. The molecule has 0 amide bonds. The van der Waals surface area contributed by atoms with Gasteiger partial charge in [0.25, 0.3) is 0 Å². The molecule has 1 fully saturated rings. The average molecular weight is 412 g/mol. The van der Waals surface area contributed by atoms with Crippen LogP contribution in [-0.4, -0.2) is 62.1 Å². The molecule has 1 aliphatic rings. The number of hydrogen-bond acceptors (Lipinski definition) is 3. The number of rotatable bonds is 8. The zero-order chi connectivity index (χ0) is 21.2. The van der Waals surface area contributed by atoms with Crippen molar-refractivity contribution >= 4 is 5.96 Å². The van der Waals surface area contributed by atoms with Gasteiger partial charge in [0, 0.05) is 52.4 Å². The number of hydrogen-bond donors (Lipinski definition) is 2. The first-order valence-electron chi connectivity index (χ1n) is 10.8. The SMILES string of the molecule is CN=C(NCCN(C)Cc1ccc(F)cc1)NC1CCN(Cc2ccccc2)CC1. The monoisotopic (exact) mass is 411 g/mol. The second-order valence-corrected chi connectivity index (χ2v) is 8.04. The molecule has 5 nitrogen and oxygen atoms in total. The topological polar surface area (TPSA) is 42.9 Å². The average Bonchev–Trinajstić information content (AvgIpc) is 2.76. The van der Waals surface area contributed by atoms with Crippen LogP contribution in [0.25, 0.3) is 0 Å². The van der Waals surface area contributed by atoms with Gasteiger partial charge in [0.2, 0.25) is 0 Å². The van der Waals surface area contributed by atoms with Crippen LogP contribution in [0.1, 0.15) is 24.0 Å². The summed E-state index contributed by atoms with van der Waals surface area (Å²) >= 11 is 0. The second-order valence-electron chi connectivity index (χ2n) is 8.04. The van der Waals surface area contributed by atoms with E-state index in [2.05, 4.69) is 62.8 Å². The van der Waals surface area contributed by atoms with Crippen molar-refractivity contribution in [3.63, 3.8) is 0 Å². The molecule has 1 heterocycles. The predicted octanol–water partition coefficient (Wildman–Crippen LogP) is 3.09. The normalized spacial score (nSPS) is 16.1. The van der Waals surface area contributed by atoms with Crippen molar-refractivity contribution in [1.29, 1.82) is 0 Å². The number of piperidine rings is 1. The molecule has 0 radical (unpaired) electrons. The fourth-order valence-electron chi connectivity index (χ4n) is 3.81. The number of benzene rings is 2. The molecule has 1 aliphatic heterocycles. The molecule has 0 bridgehead atoms. The molecule has 0 unspecified atom stereocenters.